The molecule has 122 valence electrons. The number of thioether (sulfide) groups is 1. The van der Waals surface area contributed by atoms with Crippen molar-refractivity contribution >= 4 is 17.7 Å². The Morgan fingerprint density at radius 1 is 1.48 bits per heavy atom. The second-order valence-electron chi connectivity index (χ2n) is 5.66. The van der Waals surface area contributed by atoms with Gasteiger partial charge in [0.2, 0.25) is 5.91 Å². The number of hydrogen-bond acceptors (Lipinski definition) is 4. The van der Waals surface area contributed by atoms with E-state index in [4.69, 9.17) is 0 Å². The van der Waals surface area contributed by atoms with Crippen LogP contribution in [-0.2, 0) is 17.9 Å². The third-order valence-electron chi connectivity index (χ3n) is 3.76. The van der Waals surface area contributed by atoms with Crippen molar-refractivity contribution in [3.05, 3.63) is 47.5 Å². The smallest absolute Gasteiger partial charge is 0.242 e. The maximum absolute atomic E-state index is 14.0. The summed E-state index contributed by atoms with van der Waals surface area (Å²) in [5.41, 5.74) is 1.20. The summed E-state index contributed by atoms with van der Waals surface area (Å²) in [5.74, 6) is 0.435. The molecule has 5 nitrogen and oxygen atoms in total. The number of amides is 1. The highest BCUT2D eigenvalue weighted by Gasteiger charge is 2.25. The van der Waals surface area contributed by atoms with Crippen LogP contribution >= 0.6 is 11.8 Å². The van der Waals surface area contributed by atoms with Crippen molar-refractivity contribution in [2.24, 2.45) is 0 Å². The Hall–Kier alpha value is -1.86. The van der Waals surface area contributed by atoms with Gasteiger partial charge in [0.25, 0.3) is 0 Å². The van der Waals surface area contributed by atoms with Gasteiger partial charge < -0.3 is 9.88 Å². The van der Waals surface area contributed by atoms with Crippen LogP contribution in [0, 0.1) is 5.82 Å². The second kappa shape index (κ2) is 6.72. The minimum Gasteiger partial charge on any atom is -0.349 e. The number of hydrogen-bond donors (Lipinski definition) is 1. The third-order valence-corrected chi connectivity index (χ3v) is 4.73. The summed E-state index contributed by atoms with van der Waals surface area (Å²) in [5, 5.41) is 3.86. The van der Waals surface area contributed by atoms with Crippen LogP contribution in [0.1, 0.15) is 17.3 Å². The topological polar surface area (TPSA) is 50.2 Å². The molecule has 1 amide bonds. The molecule has 3 rings (SSSR count). The van der Waals surface area contributed by atoms with Crippen LogP contribution in [0.2, 0.25) is 0 Å². The maximum atomic E-state index is 14.0. The lowest BCUT2D eigenvalue weighted by molar-refractivity contribution is -0.126. The molecule has 1 aliphatic heterocycles. The van der Waals surface area contributed by atoms with Gasteiger partial charge in [-0.1, -0.05) is 30.0 Å². The molecule has 0 aliphatic carbocycles. The summed E-state index contributed by atoms with van der Waals surface area (Å²) in [6.07, 6.45) is 1.96. The molecule has 1 aromatic carbocycles. The lowest BCUT2D eigenvalue weighted by Crippen LogP contribution is -2.37. The number of likely N-dealkylation sites (N-methyl/N-ethyl adjacent to an activating group) is 1. The summed E-state index contributed by atoms with van der Waals surface area (Å²) < 4.78 is 16.1. The standard InChI is InChI=1S/C16H19FN4OS/c1-20(2)14(12-5-3-4-6-13(12)17)15(22)18-9-11-10-21-7-8-23-16(21)19-11/h3-6,10,14H,7-9H2,1-2H3,(H,18,22)/t14-/m0/s1. The Labute approximate surface area is 138 Å². The Kier molecular flexibility index (Phi) is 4.68. The first-order chi connectivity index (χ1) is 11.1. The largest absolute Gasteiger partial charge is 0.349 e. The minimum atomic E-state index is -0.667. The predicted molar refractivity (Wildman–Crippen MR) is 87.6 cm³/mol. The van der Waals surface area contributed by atoms with E-state index in [0.29, 0.717) is 12.1 Å². The van der Waals surface area contributed by atoms with Crippen molar-refractivity contribution < 1.29 is 9.18 Å². The summed E-state index contributed by atoms with van der Waals surface area (Å²) >= 11 is 1.71. The van der Waals surface area contributed by atoms with Gasteiger partial charge in [-0.25, -0.2) is 9.37 Å². The van der Waals surface area contributed by atoms with Gasteiger partial charge in [0.15, 0.2) is 5.16 Å². The second-order valence-corrected chi connectivity index (χ2v) is 6.72. The average Bonchev–Trinajstić information content (AvgIpc) is 3.08. The highest BCUT2D eigenvalue weighted by atomic mass is 32.2. The molecule has 0 unspecified atom stereocenters. The summed E-state index contributed by atoms with van der Waals surface area (Å²) in [4.78, 5) is 18.7. The van der Waals surface area contributed by atoms with Crippen LogP contribution in [0.3, 0.4) is 0 Å². The van der Waals surface area contributed by atoms with E-state index in [1.165, 1.54) is 6.07 Å². The van der Waals surface area contributed by atoms with E-state index in [2.05, 4.69) is 14.9 Å². The van der Waals surface area contributed by atoms with Crippen LogP contribution in [0.4, 0.5) is 4.39 Å². The molecule has 0 spiro atoms. The lowest BCUT2D eigenvalue weighted by atomic mass is 10.0. The number of halogens is 1. The zero-order valence-corrected chi connectivity index (χ0v) is 13.9. The fraction of sp³-hybridized carbons (Fsp3) is 0.375. The van der Waals surface area contributed by atoms with E-state index in [-0.39, 0.29) is 11.7 Å². The van der Waals surface area contributed by atoms with Gasteiger partial charge in [0.1, 0.15) is 11.9 Å². The SMILES string of the molecule is CN(C)[C@H](C(=O)NCc1cn2c(n1)SCC2)c1ccccc1F. The number of nitrogens with one attached hydrogen (secondary N) is 1. The molecule has 2 heterocycles. The molecule has 23 heavy (non-hydrogen) atoms. The van der Waals surface area contributed by atoms with Gasteiger partial charge in [0.05, 0.1) is 12.2 Å². The fourth-order valence-corrected chi connectivity index (χ4v) is 3.63. The summed E-state index contributed by atoms with van der Waals surface area (Å²) in [6.45, 7) is 1.30. The van der Waals surface area contributed by atoms with Gasteiger partial charge in [-0.3, -0.25) is 9.69 Å². The fourth-order valence-electron chi connectivity index (χ4n) is 2.67. The molecule has 1 aromatic heterocycles. The first-order valence-corrected chi connectivity index (χ1v) is 8.42. The Morgan fingerprint density at radius 3 is 2.96 bits per heavy atom. The molecular weight excluding hydrogens is 315 g/mol. The van der Waals surface area contributed by atoms with Crippen molar-refractivity contribution in [1.82, 2.24) is 19.8 Å². The van der Waals surface area contributed by atoms with E-state index in [0.717, 1.165) is 23.1 Å². The van der Waals surface area contributed by atoms with E-state index in [9.17, 15) is 9.18 Å². The Bertz CT molecular complexity index is 694. The normalized spacial score (nSPS) is 14.8. The Morgan fingerprint density at radius 2 is 2.26 bits per heavy atom. The van der Waals surface area contributed by atoms with Gasteiger partial charge in [-0.2, -0.15) is 0 Å². The zero-order chi connectivity index (χ0) is 16.4. The highest BCUT2D eigenvalue weighted by Crippen LogP contribution is 2.25. The first-order valence-electron chi connectivity index (χ1n) is 7.43. The third kappa shape index (κ3) is 3.40. The monoisotopic (exact) mass is 334 g/mol. The predicted octanol–water partition coefficient (Wildman–Crippen LogP) is 2.05. The van der Waals surface area contributed by atoms with Gasteiger partial charge in [-0.05, 0) is 20.2 Å². The van der Waals surface area contributed by atoms with Crippen LogP contribution < -0.4 is 5.32 Å². The Balaban J connectivity index is 1.70. The van der Waals surface area contributed by atoms with Crippen LogP contribution in [-0.4, -0.2) is 40.2 Å². The highest BCUT2D eigenvalue weighted by molar-refractivity contribution is 7.99. The number of rotatable bonds is 5. The number of imidazole rings is 1. The van der Waals surface area contributed by atoms with Crippen LogP contribution in [0.25, 0.3) is 0 Å². The number of carbonyl (C=O) groups excluding carboxylic acids is 1. The number of aromatic nitrogens is 2. The van der Waals surface area contributed by atoms with Gasteiger partial charge in [-0.15, -0.1) is 0 Å². The average molecular weight is 334 g/mol. The molecule has 0 bridgehead atoms. The van der Waals surface area contributed by atoms with Crippen molar-refractivity contribution in [1.29, 1.82) is 0 Å². The molecule has 0 radical (unpaired) electrons. The molecule has 1 atom stereocenters. The number of carbonyl (C=O) groups is 1. The quantitative estimate of drug-likeness (QED) is 0.909. The van der Waals surface area contributed by atoms with Crippen molar-refractivity contribution in [3.8, 4) is 0 Å². The minimum absolute atomic E-state index is 0.235. The summed E-state index contributed by atoms with van der Waals surface area (Å²) in [7, 11) is 3.52. The molecule has 7 heteroatoms. The zero-order valence-electron chi connectivity index (χ0n) is 13.1. The van der Waals surface area contributed by atoms with E-state index >= 15 is 0 Å². The van der Waals surface area contributed by atoms with E-state index in [1.54, 1.807) is 49.0 Å². The maximum Gasteiger partial charge on any atom is 0.242 e. The van der Waals surface area contributed by atoms with Gasteiger partial charge in [0, 0.05) is 24.1 Å². The summed E-state index contributed by atoms with van der Waals surface area (Å²) in [6, 6.07) is 5.70. The van der Waals surface area contributed by atoms with Crippen LogP contribution in [0.5, 0.6) is 0 Å². The lowest BCUT2D eigenvalue weighted by Gasteiger charge is -2.24. The molecule has 0 saturated carbocycles. The molecule has 1 N–H and O–H groups in total. The van der Waals surface area contributed by atoms with Crippen LogP contribution in [0.15, 0.2) is 35.6 Å². The first kappa shape index (κ1) is 16.0. The number of aryl methyl sites for hydroxylation is 1. The van der Waals surface area contributed by atoms with Gasteiger partial charge >= 0.3 is 0 Å². The van der Waals surface area contributed by atoms with Crippen molar-refractivity contribution in [3.63, 3.8) is 0 Å². The van der Waals surface area contributed by atoms with E-state index in [1.807, 2.05) is 6.20 Å². The van der Waals surface area contributed by atoms with Crippen molar-refractivity contribution in [2.45, 2.75) is 24.3 Å². The molecule has 0 fully saturated rings. The number of nitrogens with zero attached hydrogens (tertiary/aromatic N) is 3. The number of benzene rings is 1. The number of fused-ring (bicyclic) bond motifs is 1. The van der Waals surface area contributed by atoms with Crippen molar-refractivity contribution in [2.75, 3.05) is 19.8 Å². The molecule has 2 aromatic rings. The molecule has 1 aliphatic rings. The molecular formula is C16H19FN4OS. The molecule has 0 saturated heterocycles. The van der Waals surface area contributed by atoms with E-state index < -0.39 is 6.04 Å².